The molecule has 3 N–H and O–H groups in total. The van der Waals surface area contributed by atoms with Gasteiger partial charge < -0.3 is 10.2 Å². The Bertz CT molecular complexity index is 569. The molecule has 0 aromatic heterocycles. The van der Waals surface area contributed by atoms with Gasteiger partial charge in [0.05, 0.1) is 11.3 Å². The Hall–Kier alpha value is -2.97. The summed E-state index contributed by atoms with van der Waals surface area (Å²) in [6.07, 6.45) is -0.692. The number of benzene rings is 1. The molecule has 0 heterocycles. The minimum atomic E-state index is -1.39. The van der Waals surface area contributed by atoms with Crippen molar-refractivity contribution in [1.82, 2.24) is 0 Å². The van der Waals surface area contributed by atoms with Gasteiger partial charge in [-0.1, -0.05) is 12.1 Å². The van der Waals surface area contributed by atoms with Gasteiger partial charge in [0.1, 0.15) is 11.4 Å². The van der Waals surface area contributed by atoms with Gasteiger partial charge in [-0.05, 0) is 6.07 Å². The maximum absolute atomic E-state index is 10.9. The molecule has 0 saturated heterocycles. The van der Waals surface area contributed by atoms with Gasteiger partial charge in [-0.3, -0.25) is 20.3 Å². The van der Waals surface area contributed by atoms with Crippen LogP contribution in [0.25, 0.3) is 0 Å². The molecule has 1 aromatic carbocycles. The summed E-state index contributed by atoms with van der Waals surface area (Å²) in [6, 6.07) is 5.56. The van der Waals surface area contributed by atoms with Crippen molar-refractivity contribution in [2.45, 2.75) is 12.8 Å². The number of hydrazone groups is 1. The molecule has 9 nitrogen and oxygen atoms in total. The lowest BCUT2D eigenvalue weighted by Gasteiger charge is -2.03. The molecular weight excluding hydrogens is 270 g/mol. The number of nitrogens with zero attached hydrogens (tertiary/aromatic N) is 2. The first kappa shape index (κ1) is 15.1. The minimum Gasteiger partial charge on any atom is -0.481 e. The number of anilines is 1. The standard InChI is InChI=1S/C11H11N3O6/c15-10(16)6-5-8(11(17)18)13-12-7-3-1-2-4-9(7)14(19)20/h1-4,12H,5-6H2,(H,15,16)(H,17,18)/b13-8-. The highest BCUT2D eigenvalue weighted by molar-refractivity contribution is 6.35. The monoisotopic (exact) mass is 281 g/mol. The number of aliphatic carboxylic acids is 2. The number of rotatable bonds is 7. The number of carbonyl (C=O) groups is 2. The number of nitro benzene ring substituents is 1. The van der Waals surface area contributed by atoms with E-state index in [9.17, 15) is 19.7 Å². The van der Waals surface area contributed by atoms with E-state index in [4.69, 9.17) is 10.2 Å². The normalized spacial score (nSPS) is 10.9. The van der Waals surface area contributed by atoms with Crippen molar-refractivity contribution in [3.05, 3.63) is 34.4 Å². The third kappa shape index (κ3) is 4.37. The molecule has 1 rings (SSSR count). The lowest BCUT2D eigenvalue weighted by molar-refractivity contribution is -0.384. The summed E-state index contributed by atoms with van der Waals surface area (Å²) in [7, 11) is 0. The van der Waals surface area contributed by atoms with Crippen molar-refractivity contribution < 1.29 is 24.7 Å². The molecule has 1 aromatic rings. The van der Waals surface area contributed by atoms with Gasteiger partial charge in [0.2, 0.25) is 0 Å². The lowest BCUT2D eigenvalue weighted by Crippen LogP contribution is -2.16. The van der Waals surface area contributed by atoms with Crippen molar-refractivity contribution in [2.75, 3.05) is 5.43 Å². The Balaban J connectivity index is 2.90. The van der Waals surface area contributed by atoms with E-state index in [-0.39, 0.29) is 17.8 Å². The molecule has 0 amide bonds. The van der Waals surface area contributed by atoms with E-state index in [1.54, 1.807) is 0 Å². The molecule has 0 aliphatic heterocycles. The third-order valence-electron chi connectivity index (χ3n) is 2.23. The molecule has 106 valence electrons. The van der Waals surface area contributed by atoms with Gasteiger partial charge in [-0.15, -0.1) is 0 Å². The summed E-state index contributed by atoms with van der Waals surface area (Å²) < 4.78 is 0. The first-order valence-corrected chi connectivity index (χ1v) is 5.43. The number of carboxylic acids is 2. The second-order valence-electron chi connectivity index (χ2n) is 3.64. The largest absolute Gasteiger partial charge is 0.481 e. The van der Waals surface area contributed by atoms with E-state index < -0.39 is 29.0 Å². The second-order valence-corrected chi connectivity index (χ2v) is 3.64. The Morgan fingerprint density at radius 3 is 2.45 bits per heavy atom. The van der Waals surface area contributed by atoms with E-state index in [2.05, 4.69) is 10.5 Å². The zero-order valence-corrected chi connectivity index (χ0v) is 10.1. The van der Waals surface area contributed by atoms with Crippen LogP contribution in [0.5, 0.6) is 0 Å². The molecule has 0 unspecified atom stereocenters. The van der Waals surface area contributed by atoms with Crippen molar-refractivity contribution in [1.29, 1.82) is 0 Å². The van der Waals surface area contributed by atoms with E-state index in [0.717, 1.165) is 0 Å². The van der Waals surface area contributed by atoms with Gasteiger partial charge in [0, 0.05) is 12.5 Å². The molecule has 0 spiro atoms. The maximum atomic E-state index is 10.9. The van der Waals surface area contributed by atoms with Crippen LogP contribution in [0.1, 0.15) is 12.8 Å². The maximum Gasteiger partial charge on any atom is 0.352 e. The topological polar surface area (TPSA) is 142 Å². The average molecular weight is 281 g/mol. The Morgan fingerprint density at radius 2 is 1.90 bits per heavy atom. The van der Waals surface area contributed by atoms with Crippen LogP contribution in [0, 0.1) is 10.1 Å². The Kier molecular flexibility index (Phi) is 5.15. The van der Waals surface area contributed by atoms with Gasteiger partial charge >= 0.3 is 11.9 Å². The number of hydrogen-bond acceptors (Lipinski definition) is 6. The molecule has 0 atom stereocenters. The first-order chi connectivity index (χ1) is 9.41. The van der Waals surface area contributed by atoms with Crippen LogP contribution in [0.3, 0.4) is 0 Å². The van der Waals surface area contributed by atoms with Crippen molar-refractivity contribution in [3.63, 3.8) is 0 Å². The zero-order chi connectivity index (χ0) is 15.1. The predicted molar refractivity (Wildman–Crippen MR) is 68.7 cm³/mol. The molecule has 0 fully saturated rings. The second kappa shape index (κ2) is 6.83. The molecule has 20 heavy (non-hydrogen) atoms. The number of carboxylic acid groups (broad SMARTS) is 2. The highest BCUT2D eigenvalue weighted by Crippen LogP contribution is 2.23. The average Bonchev–Trinajstić information content (AvgIpc) is 2.38. The molecule has 0 aliphatic carbocycles. The molecule has 0 aliphatic rings. The number of hydrogen-bond donors (Lipinski definition) is 3. The fourth-order valence-electron chi connectivity index (χ4n) is 1.29. The van der Waals surface area contributed by atoms with E-state index in [1.807, 2.05) is 0 Å². The fourth-order valence-corrected chi connectivity index (χ4v) is 1.29. The summed E-state index contributed by atoms with van der Waals surface area (Å²) in [5.41, 5.74) is 1.60. The van der Waals surface area contributed by atoms with E-state index in [1.165, 1.54) is 24.3 Å². The number of para-hydroxylation sites is 2. The quantitative estimate of drug-likeness (QED) is 0.388. The van der Waals surface area contributed by atoms with Gasteiger partial charge in [0.25, 0.3) is 5.69 Å². The number of nitrogens with one attached hydrogen (secondary N) is 1. The van der Waals surface area contributed by atoms with Crippen LogP contribution in [0.15, 0.2) is 29.4 Å². The van der Waals surface area contributed by atoms with Crippen LogP contribution in [-0.4, -0.2) is 32.8 Å². The summed E-state index contributed by atoms with van der Waals surface area (Å²) in [6.45, 7) is 0. The molecule has 9 heteroatoms. The van der Waals surface area contributed by atoms with Crippen LogP contribution in [0.4, 0.5) is 11.4 Å². The first-order valence-electron chi connectivity index (χ1n) is 5.43. The van der Waals surface area contributed by atoms with Crippen LogP contribution < -0.4 is 5.43 Å². The summed E-state index contributed by atoms with van der Waals surface area (Å²) >= 11 is 0. The molecule has 0 bridgehead atoms. The SMILES string of the molecule is O=C(O)CC/C(=N/Nc1ccccc1[N+](=O)[O-])C(=O)O. The highest BCUT2D eigenvalue weighted by Gasteiger charge is 2.14. The van der Waals surface area contributed by atoms with E-state index >= 15 is 0 Å². The van der Waals surface area contributed by atoms with Crippen LogP contribution in [-0.2, 0) is 9.59 Å². The van der Waals surface area contributed by atoms with Gasteiger partial charge in [-0.25, -0.2) is 4.79 Å². The van der Waals surface area contributed by atoms with Gasteiger partial charge in [0.15, 0.2) is 0 Å². The highest BCUT2D eigenvalue weighted by atomic mass is 16.6. The molecular formula is C11H11N3O6. The fraction of sp³-hybridized carbons (Fsp3) is 0.182. The van der Waals surface area contributed by atoms with Crippen LogP contribution >= 0.6 is 0 Å². The predicted octanol–water partition coefficient (Wildman–Crippen LogP) is 1.31. The number of nitro groups is 1. The lowest BCUT2D eigenvalue weighted by atomic mass is 10.2. The minimum absolute atomic E-state index is 0.0200. The summed E-state index contributed by atoms with van der Waals surface area (Å²) in [5.74, 6) is -2.55. The third-order valence-corrected chi connectivity index (χ3v) is 2.23. The van der Waals surface area contributed by atoms with Gasteiger partial charge in [-0.2, -0.15) is 5.10 Å². The summed E-state index contributed by atoms with van der Waals surface area (Å²) in [5, 5.41) is 31.6. The van der Waals surface area contributed by atoms with Crippen LogP contribution in [0.2, 0.25) is 0 Å². The Labute approximate surface area is 112 Å². The Morgan fingerprint density at radius 1 is 1.25 bits per heavy atom. The summed E-state index contributed by atoms with van der Waals surface area (Å²) in [4.78, 5) is 31.3. The zero-order valence-electron chi connectivity index (χ0n) is 10.1. The molecule has 0 saturated carbocycles. The van der Waals surface area contributed by atoms with Crippen molar-refractivity contribution in [3.8, 4) is 0 Å². The van der Waals surface area contributed by atoms with E-state index in [0.29, 0.717) is 0 Å². The molecule has 0 radical (unpaired) electrons. The van der Waals surface area contributed by atoms with Crippen molar-refractivity contribution in [2.24, 2.45) is 5.10 Å². The van der Waals surface area contributed by atoms with Crippen molar-refractivity contribution >= 4 is 29.0 Å². The smallest absolute Gasteiger partial charge is 0.352 e.